The number of amides is 1. The third-order valence-corrected chi connectivity index (χ3v) is 6.23. The van der Waals surface area contributed by atoms with Gasteiger partial charge in [0.05, 0.1) is 12.5 Å². The Kier molecular flexibility index (Phi) is 8.52. The van der Waals surface area contributed by atoms with E-state index in [0.717, 1.165) is 25.7 Å². The molecular formula is C17H30Cl2F3N3O. The summed E-state index contributed by atoms with van der Waals surface area (Å²) in [6.45, 7) is 2.90. The summed E-state index contributed by atoms with van der Waals surface area (Å²) in [6.07, 6.45) is -0.0669. The molecule has 2 aliphatic carbocycles. The molecular weight excluding hydrogens is 390 g/mol. The lowest BCUT2D eigenvalue weighted by Crippen LogP contribution is -2.46. The van der Waals surface area contributed by atoms with Gasteiger partial charge in [-0.3, -0.25) is 9.69 Å². The van der Waals surface area contributed by atoms with Gasteiger partial charge in [0.2, 0.25) is 5.91 Å². The molecule has 26 heavy (non-hydrogen) atoms. The van der Waals surface area contributed by atoms with Crippen molar-refractivity contribution in [2.24, 2.45) is 29.4 Å². The van der Waals surface area contributed by atoms with Gasteiger partial charge in [-0.1, -0.05) is 6.92 Å². The van der Waals surface area contributed by atoms with Crippen molar-refractivity contribution in [2.45, 2.75) is 44.8 Å². The highest BCUT2D eigenvalue weighted by molar-refractivity contribution is 5.85. The first-order valence-corrected chi connectivity index (χ1v) is 9.12. The third-order valence-electron chi connectivity index (χ3n) is 6.23. The van der Waals surface area contributed by atoms with Gasteiger partial charge in [0.15, 0.2) is 0 Å². The van der Waals surface area contributed by atoms with Crippen molar-refractivity contribution in [1.29, 1.82) is 0 Å². The van der Waals surface area contributed by atoms with E-state index >= 15 is 0 Å². The van der Waals surface area contributed by atoms with E-state index in [9.17, 15) is 18.0 Å². The van der Waals surface area contributed by atoms with Crippen LogP contribution < -0.4 is 5.73 Å². The van der Waals surface area contributed by atoms with Gasteiger partial charge < -0.3 is 10.6 Å². The van der Waals surface area contributed by atoms with Crippen molar-refractivity contribution in [3.05, 3.63) is 0 Å². The van der Waals surface area contributed by atoms with E-state index < -0.39 is 12.7 Å². The van der Waals surface area contributed by atoms with Crippen LogP contribution in [0, 0.1) is 23.7 Å². The van der Waals surface area contributed by atoms with Crippen LogP contribution in [0.1, 0.15) is 32.6 Å². The van der Waals surface area contributed by atoms with Gasteiger partial charge in [-0.05, 0) is 50.0 Å². The Morgan fingerprint density at radius 3 is 2.38 bits per heavy atom. The molecule has 0 aromatic rings. The molecule has 0 aromatic carbocycles. The van der Waals surface area contributed by atoms with Crippen molar-refractivity contribution in [2.75, 3.05) is 32.7 Å². The van der Waals surface area contributed by atoms with E-state index in [1.807, 2.05) is 4.90 Å². The van der Waals surface area contributed by atoms with Crippen molar-refractivity contribution < 1.29 is 18.0 Å². The van der Waals surface area contributed by atoms with Gasteiger partial charge in [0.25, 0.3) is 0 Å². The number of alkyl halides is 3. The lowest BCUT2D eigenvalue weighted by Gasteiger charge is -2.31. The summed E-state index contributed by atoms with van der Waals surface area (Å²) in [4.78, 5) is 16.1. The number of rotatable bonds is 5. The van der Waals surface area contributed by atoms with Gasteiger partial charge in [0.1, 0.15) is 0 Å². The Hall–Kier alpha value is -0.240. The molecule has 3 aliphatic rings. The minimum atomic E-state index is -4.17. The maximum Gasteiger partial charge on any atom is 0.401 e. The Labute approximate surface area is 165 Å². The normalized spacial score (nSPS) is 33.3. The Morgan fingerprint density at radius 1 is 1.19 bits per heavy atom. The highest BCUT2D eigenvalue weighted by atomic mass is 35.5. The minimum Gasteiger partial charge on any atom is -0.342 e. The Balaban J connectivity index is 0.00000169. The SMILES string of the molecule is CCN(CC1CCN(C(=O)C2C3CCC(C3)C2N)C1)CC(F)(F)F.Cl.Cl. The molecule has 9 heteroatoms. The quantitative estimate of drug-likeness (QED) is 0.744. The molecule has 1 aliphatic heterocycles. The van der Waals surface area contributed by atoms with Crippen LogP contribution >= 0.6 is 24.8 Å². The molecule has 0 radical (unpaired) electrons. The maximum absolute atomic E-state index is 12.8. The topological polar surface area (TPSA) is 49.6 Å². The van der Waals surface area contributed by atoms with Gasteiger partial charge in [-0.25, -0.2) is 0 Å². The number of carbonyl (C=O) groups excluding carboxylic acids is 1. The number of fused-ring (bicyclic) bond motifs is 2. The highest BCUT2D eigenvalue weighted by Crippen LogP contribution is 2.48. The second kappa shape index (κ2) is 9.30. The lowest BCUT2D eigenvalue weighted by atomic mass is 9.84. The molecule has 5 atom stereocenters. The molecule has 1 heterocycles. The van der Waals surface area contributed by atoms with Crippen LogP contribution in [0.25, 0.3) is 0 Å². The van der Waals surface area contributed by atoms with Gasteiger partial charge >= 0.3 is 6.18 Å². The fourth-order valence-corrected chi connectivity index (χ4v) is 5.02. The summed E-state index contributed by atoms with van der Waals surface area (Å²) < 4.78 is 37.8. The zero-order valence-corrected chi connectivity index (χ0v) is 16.7. The summed E-state index contributed by atoms with van der Waals surface area (Å²) in [7, 11) is 0. The Bertz CT molecular complexity index is 479. The summed E-state index contributed by atoms with van der Waals surface area (Å²) in [5, 5.41) is 0. The fourth-order valence-electron chi connectivity index (χ4n) is 5.02. The summed E-state index contributed by atoms with van der Waals surface area (Å²) in [5.74, 6) is 1.14. The molecule has 2 saturated carbocycles. The molecule has 0 aromatic heterocycles. The fraction of sp³-hybridized carbons (Fsp3) is 0.941. The van der Waals surface area contributed by atoms with Gasteiger partial charge in [-0.2, -0.15) is 13.2 Å². The first-order chi connectivity index (χ1) is 11.3. The lowest BCUT2D eigenvalue weighted by molar-refractivity contribution is -0.147. The molecule has 1 amide bonds. The van der Waals surface area contributed by atoms with Crippen LogP contribution in [0.5, 0.6) is 0 Å². The maximum atomic E-state index is 12.8. The molecule has 5 unspecified atom stereocenters. The highest BCUT2D eigenvalue weighted by Gasteiger charge is 2.50. The zero-order valence-electron chi connectivity index (χ0n) is 15.1. The van der Waals surface area contributed by atoms with Crippen LogP contribution in [0.4, 0.5) is 13.2 Å². The molecule has 2 N–H and O–H groups in total. The number of hydrogen-bond acceptors (Lipinski definition) is 3. The van der Waals surface area contributed by atoms with Crippen molar-refractivity contribution >= 4 is 30.7 Å². The summed E-state index contributed by atoms with van der Waals surface area (Å²) in [6, 6.07) is -0.0207. The number of nitrogens with zero attached hydrogens (tertiary/aromatic N) is 2. The van der Waals surface area contributed by atoms with Crippen LogP contribution in [0.15, 0.2) is 0 Å². The van der Waals surface area contributed by atoms with E-state index in [0.29, 0.717) is 38.0 Å². The van der Waals surface area contributed by atoms with Crippen LogP contribution in [-0.2, 0) is 4.79 Å². The smallest absolute Gasteiger partial charge is 0.342 e. The standard InChI is InChI=1S/C17H28F3N3O.2ClH/c1-2-22(10-17(18,19)20)8-11-5-6-23(9-11)16(24)14-12-3-4-13(7-12)15(14)21;;/h11-15H,2-10,21H2,1H3;2*1H. The first-order valence-electron chi connectivity index (χ1n) is 9.12. The van der Waals surface area contributed by atoms with Crippen LogP contribution in [0.3, 0.4) is 0 Å². The predicted octanol–water partition coefficient (Wildman–Crippen LogP) is 2.94. The molecule has 0 spiro atoms. The number of likely N-dealkylation sites (tertiary alicyclic amines) is 1. The van der Waals surface area contributed by atoms with Crippen LogP contribution in [-0.4, -0.2) is 60.6 Å². The molecule has 4 nitrogen and oxygen atoms in total. The minimum absolute atomic E-state index is 0. The van der Waals surface area contributed by atoms with E-state index in [2.05, 4.69) is 0 Å². The number of halogens is 5. The molecule has 154 valence electrons. The van der Waals surface area contributed by atoms with Crippen LogP contribution in [0.2, 0.25) is 0 Å². The molecule has 2 bridgehead atoms. The third kappa shape index (κ3) is 5.18. The molecule has 3 fully saturated rings. The summed E-state index contributed by atoms with van der Waals surface area (Å²) >= 11 is 0. The van der Waals surface area contributed by atoms with Crippen molar-refractivity contribution in [1.82, 2.24) is 9.80 Å². The number of hydrogen-bond donors (Lipinski definition) is 1. The van der Waals surface area contributed by atoms with Gasteiger partial charge in [-0.15, -0.1) is 24.8 Å². The first kappa shape index (κ1) is 23.8. The van der Waals surface area contributed by atoms with E-state index in [4.69, 9.17) is 5.73 Å². The second-order valence-corrected chi connectivity index (χ2v) is 7.82. The second-order valence-electron chi connectivity index (χ2n) is 7.82. The zero-order chi connectivity index (χ0) is 17.5. The number of nitrogens with two attached hydrogens (primary N) is 1. The predicted molar refractivity (Wildman–Crippen MR) is 99.6 cm³/mol. The van der Waals surface area contributed by atoms with Crippen molar-refractivity contribution in [3.8, 4) is 0 Å². The van der Waals surface area contributed by atoms with Crippen molar-refractivity contribution in [3.63, 3.8) is 0 Å². The Morgan fingerprint density at radius 2 is 1.85 bits per heavy atom. The average Bonchev–Trinajstić information content (AvgIpc) is 3.20. The monoisotopic (exact) mass is 419 g/mol. The van der Waals surface area contributed by atoms with E-state index in [1.54, 1.807) is 6.92 Å². The summed E-state index contributed by atoms with van der Waals surface area (Å²) in [5.41, 5.74) is 6.26. The average molecular weight is 420 g/mol. The molecule has 3 rings (SSSR count). The molecule has 1 saturated heterocycles. The number of carbonyl (C=O) groups is 1. The van der Waals surface area contributed by atoms with E-state index in [-0.39, 0.29) is 48.6 Å². The largest absolute Gasteiger partial charge is 0.401 e. The van der Waals surface area contributed by atoms with Gasteiger partial charge in [0, 0.05) is 25.7 Å². The van der Waals surface area contributed by atoms with E-state index in [1.165, 1.54) is 4.90 Å².